The number of nitrogens with zero attached hydrogens (tertiary/aromatic N) is 2. The molecule has 0 saturated heterocycles. The standard InChI is InChI=1S/C31H36ClN3O3/c1-37-26-16-12-24(13-17-26)23-31(36)33-20-6-2-3-11-30-34-28-9-4-5-10-29(28)35(30)21-7-8-22-38-27-18-14-25(32)15-19-27/h4-5,9-10,12-19H,2-3,6-8,11,20-23H2,1H3,(H,33,36). The lowest BCUT2D eigenvalue weighted by Crippen LogP contribution is -2.26. The van der Waals surface area contributed by atoms with Crippen LogP contribution in [0.3, 0.4) is 0 Å². The van der Waals surface area contributed by atoms with Gasteiger partial charge in [0.05, 0.1) is 31.2 Å². The van der Waals surface area contributed by atoms with Crippen molar-refractivity contribution >= 4 is 28.5 Å². The summed E-state index contributed by atoms with van der Waals surface area (Å²) in [5.41, 5.74) is 3.22. The van der Waals surface area contributed by atoms with Gasteiger partial charge in [0.2, 0.25) is 5.91 Å². The Labute approximate surface area is 229 Å². The zero-order valence-electron chi connectivity index (χ0n) is 22.0. The molecule has 0 aliphatic carbocycles. The SMILES string of the molecule is COc1ccc(CC(=O)NCCCCCc2nc3ccccc3n2CCCCOc2ccc(Cl)cc2)cc1. The van der Waals surface area contributed by atoms with Crippen molar-refractivity contribution in [3.05, 3.63) is 89.2 Å². The van der Waals surface area contributed by atoms with Gasteiger partial charge in [0.15, 0.2) is 0 Å². The molecular weight excluding hydrogens is 498 g/mol. The number of amides is 1. The molecule has 4 rings (SSSR count). The molecule has 1 amide bonds. The molecule has 4 aromatic rings. The highest BCUT2D eigenvalue weighted by molar-refractivity contribution is 6.30. The molecule has 0 spiro atoms. The van der Waals surface area contributed by atoms with Gasteiger partial charge in [-0.3, -0.25) is 4.79 Å². The van der Waals surface area contributed by atoms with E-state index in [0.717, 1.165) is 73.5 Å². The van der Waals surface area contributed by atoms with Crippen molar-refractivity contribution in [2.45, 2.75) is 51.5 Å². The van der Waals surface area contributed by atoms with E-state index in [9.17, 15) is 4.79 Å². The average Bonchev–Trinajstić information content (AvgIpc) is 3.29. The van der Waals surface area contributed by atoms with Gasteiger partial charge in [0, 0.05) is 24.5 Å². The second-order valence-corrected chi connectivity index (χ2v) is 9.80. The molecule has 0 radical (unpaired) electrons. The van der Waals surface area contributed by atoms with E-state index in [4.69, 9.17) is 26.1 Å². The van der Waals surface area contributed by atoms with E-state index < -0.39 is 0 Å². The number of rotatable bonds is 15. The van der Waals surface area contributed by atoms with E-state index in [1.165, 1.54) is 5.52 Å². The number of aryl methyl sites for hydroxylation is 2. The summed E-state index contributed by atoms with van der Waals surface area (Å²) in [5.74, 6) is 2.83. The largest absolute Gasteiger partial charge is 0.497 e. The highest BCUT2D eigenvalue weighted by Gasteiger charge is 2.10. The Morgan fingerprint density at radius 2 is 1.66 bits per heavy atom. The van der Waals surface area contributed by atoms with E-state index in [-0.39, 0.29) is 5.91 Å². The number of fused-ring (bicyclic) bond motifs is 1. The molecule has 0 saturated carbocycles. The first-order valence-corrected chi connectivity index (χ1v) is 13.7. The van der Waals surface area contributed by atoms with E-state index >= 15 is 0 Å². The van der Waals surface area contributed by atoms with Gasteiger partial charge in [-0.05, 0) is 79.8 Å². The summed E-state index contributed by atoms with van der Waals surface area (Å²) < 4.78 is 13.4. The quantitative estimate of drug-likeness (QED) is 0.174. The first-order chi connectivity index (χ1) is 18.6. The van der Waals surface area contributed by atoms with Gasteiger partial charge in [-0.15, -0.1) is 0 Å². The Morgan fingerprint density at radius 3 is 2.45 bits per heavy atom. The number of hydrogen-bond donors (Lipinski definition) is 1. The van der Waals surface area contributed by atoms with Crippen LogP contribution >= 0.6 is 11.6 Å². The number of hydrogen-bond acceptors (Lipinski definition) is 4. The Hall–Kier alpha value is -3.51. The molecular formula is C31H36ClN3O3. The fourth-order valence-electron chi connectivity index (χ4n) is 4.46. The van der Waals surface area contributed by atoms with Crippen molar-refractivity contribution in [3.8, 4) is 11.5 Å². The number of aromatic nitrogens is 2. The number of nitrogens with one attached hydrogen (secondary N) is 1. The zero-order chi connectivity index (χ0) is 26.6. The Balaban J connectivity index is 1.17. The summed E-state index contributed by atoms with van der Waals surface area (Å²) in [7, 11) is 1.64. The lowest BCUT2D eigenvalue weighted by atomic mass is 10.1. The molecule has 38 heavy (non-hydrogen) atoms. The molecule has 0 aliphatic heterocycles. The van der Waals surface area contributed by atoms with Gasteiger partial charge in [-0.1, -0.05) is 42.3 Å². The van der Waals surface area contributed by atoms with Crippen LogP contribution < -0.4 is 14.8 Å². The average molecular weight is 534 g/mol. The highest BCUT2D eigenvalue weighted by Crippen LogP contribution is 2.20. The van der Waals surface area contributed by atoms with Crippen molar-refractivity contribution < 1.29 is 14.3 Å². The van der Waals surface area contributed by atoms with Crippen LogP contribution in [-0.2, 0) is 24.2 Å². The summed E-state index contributed by atoms with van der Waals surface area (Å²) in [6, 6.07) is 23.4. The van der Waals surface area contributed by atoms with E-state index in [0.29, 0.717) is 24.6 Å². The zero-order valence-corrected chi connectivity index (χ0v) is 22.8. The highest BCUT2D eigenvalue weighted by atomic mass is 35.5. The van der Waals surface area contributed by atoms with Crippen LogP contribution in [0.2, 0.25) is 5.02 Å². The summed E-state index contributed by atoms with van der Waals surface area (Å²) in [4.78, 5) is 17.1. The lowest BCUT2D eigenvalue weighted by molar-refractivity contribution is -0.120. The number of imidazole rings is 1. The van der Waals surface area contributed by atoms with E-state index in [2.05, 4.69) is 28.1 Å². The van der Waals surface area contributed by atoms with Crippen molar-refractivity contribution in [2.75, 3.05) is 20.3 Å². The number of carbonyl (C=O) groups is 1. The topological polar surface area (TPSA) is 65.4 Å². The normalized spacial score (nSPS) is 11.0. The number of benzene rings is 3. The van der Waals surface area contributed by atoms with Gasteiger partial charge < -0.3 is 19.4 Å². The summed E-state index contributed by atoms with van der Waals surface area (Å²) in [6.07, 6.45) is 6.33. The number of unbranched alkanes of at least 4 members (excludes halogenated alkanes) is 3. The number of carbonyl (C=O) groups excluding carboxylic acids is 1. The fraction of sp³-hybridized carbons (Fsp3) is 0.355. The minimum Gasteiger partial charge on any atom is -0.497 e. The van der Waals surface area contributed by atoms with E-state index in [1.807, 2.05) is 54.6 Å². The van der Waals surface area contributed by atoms with Crippen LogP contribution in [0.15, 0.2) is 72.8 Å². The van der Waals surface area contributed by atoms with Crippen LogP contribution in [-0.4, -0.2) is 35.7 Å². The maximum atomic E-state index is 12.2. The van der Waals surface area contributed by atoms with Crippen LogP contribution in [0.1, 0.15) is 43.5 Å². The monoisotopic (exact) mass is 533 g/mol. The van der Waals surface area contributed by atoms with Crippen LogP contribution in [0.25, 0.3) is 11.0 Å². The molecule has 1 heterocycles. The third kappa shape index (κ3) is 8.25. The van der Waals surface area contributed by atoms with E-state index in [1.54, 1.807) is 7.11 Å². The first-order valence-electron chi connectivity index (χ1n) is 13.3. The van der Waals surface area contributed by atoms with Crippen molar-refractivity contribution in [2.24, 2.45) is 0 Å². The summed E-state index contributed by atoms with van der Waals surface area (Å²) in [6.45, 7) is 2.29. The number of ether oxygens (including phenoxy) is 2. The Kier molecular flexibility index (Phi) is 10.5. The number of methoxy groups -OCH3 is 1. The maximum Gasteiger partial charge on any atom is 0.224 e. The molecule has 0 aliphatic rings. The van der Waals surface area contributed by atoms with Crippen molar-refractivity contribution in [3.63, 3.8) is 0 Å². The second kappa shape index (κ2) is 14.4. The molecule has 7 heteroatoms. The minimum absolute atomic E-state index is 0.0528. The van der Waals surface area contributed by atoms with Crippen LogP contribution in [0.4, 0.5) is 0 Å². The molecule has 1 N–H and O–H groups in total. The fourth-order valence-corrected chi connectivity index (χ4v) is 4.59. The van der Waals surface area contributed by atoms with Crippen molar-refractivity contribution in [1.82, 2.24) is 14.9 Å². The Morgan fingerprint density at radius 1 is 0.895 bits per heavy atom. The van der Waals surface area contributed by atoms with Gasteiger partial charge in [0.25, 0.3) is 0 Å². The molecule has 200 valence electrons. The van der Waals surface area contributed by atoms with Gasteiger partial charge in [0.1, 0.15) is 17.3 Å². The molecule has 3 aromatic carbocycles. The van der Waals surface area contributed by atoms with Crippen LogP contribution in [0, 0.1) is 0 Å². The smallest absolute Gasteiger partial charge is 0.224 e. The lowest BCUT2D eigenvalue weighted by Gasteiger charge is -2.10. The predicted octanol–water partition coefficient (Wildman–Crippen LogP) is 6.63. The third-order valence-electron chi connectivity index (χ3n) is 6.52. The number of para-hydroxylation sites is 2. The molecule has 0 unspecified atom stereocenters. The predicted molar refractivity (Wildman–Crippen MR) is 153 cm³/mol. The maximum absolute atomic E-state index is 12.2. The van der Waals surface area contributed by atoms with Crippen molar-refractivity contribution in [1.29, 1.82) is 0 Å². The summed E-state index contributed by atoms with van der Waals surface area (Å²) >= 11 is 5.94. The van der Waals surface area contributed by atoms with Gasteiger partial charge in [-0.25, -0.2) is 4.98 Å². The van der Waals surface area contributed by atoms with Gasteiger partial charge in [-0.2, -0.15) is 0 Å². The van der Waals surface area contributed by atoms with Gasteiger partial charge >= 0.3 is 0 Å². The first kappa shape index (κ1) is 27.5. The molecule has 0 fully saturated rings. The summed E-state index contributed by atoms with van der Waals surface area (Å²) in [5, 5.41) is 3.75. The molecule has 0 atom stereocenters. The second-order valence-electron chi connectivity index (χ2n) is 9.36. The Bertz CT molecular complexity index is 1290. The van der Waals surface area contributed by atoms with Crippen LogP contribution in [0.5, 0.6) is 11.5 Å². The third-order valence-corrected chi connectivity index (χ3v) is 6.77. The molecule has 1 aromatic heterocycles. The molecule has 6 nitrogen and oxygen atoms in total. The molecule has 0 bridgehead atoms. The minimum atomic E-state index is 0.0528. The number of halogens is 1.